The molecule has 1 N–H and O–H groups in total. The zero-order chi connectivity index (χ0) is 17.1. The van der Waals surface area contributed by atoms with Gasteiger partial charge < -0.3 is 9.84 Å². The fourth-order valence-corrected chi connectivity index (χ4v) is 2.58. The third kappa shape index (κ3) is 3.32. The Balaban J connectivity index is 1.63. The molecule has 2 heterocycles. The molecule has 3 aromatic rings. The number of carbonyl (C=O) groups is 1. The SMILES string of the molecule is Cc1cc(NC(=O)CCc2c(C)noc2C)ccc1-n1cnnn1. The van der Waals surface area contributed by atoms with Gasteiger partial charge in [-0.1, -0.05) is 5.16 Å². The Kier molecular flexibility index (Phi) is 4.37. The molecule has 0 aliphatic carbocycles. The standard InChI is InChI=1S/C16H18N6O2/c1-10-8-13(4-6-15(10)22-9-17-20-21-22)18-16(23)7-5-14-11(2)19-24-12(14)3/h4,6,8-9H,5,7H2,1-3H3,(H,18,23). The number of nitrogens with zero attached hydrogens (tertiary/aromatic N) is 5. The molecule has 8 nitrogen and oxygen atoms in total. The van der Waals surface area contributed by atoms with Gasteiger partial charge in [0.1, 0.15) is 12.1 Å². The molecule has 0 aliphatic heterocycles. The lowest BCUT2D eigenvalue weighted by molar-refractivity contribution is -0.116. The first-order valence-corrected chi connectivity index (χ1v) is 7.60. The van der Waals surface area contributed by atoms with Crippen molar-refractivity contribution in [1.82, 2.24) is 25.4 Å². The van der Waals surface area contributed by atoms with Crippen molar-refractivity contribution >= 4 is 11.6 Å². The lowest BCUT2D eigenvalue weighted by atomic mass is 10.1. The third-order valence-corrected chi connectivity index (χ3v) is 3.86. The van der Waals surface area contributed by atoms with Gasteiger partial charge in [-0.25, -0.2) is 4.68 Å². The Morgan fingerprint density at radius 3 is 2.75 bits per heavy atom. The molecule has 0 spiro atoms. The van der Waals surface area contributed by atoms with Crippen LogP contribution in [0.15, 0.2) is 29.0 Å². The summed E-state index contributed by atoms with van der Waals surface area (Å²) in [5.74, 6) is 0.714. The van der Waals surface area contributed by atoms with Crippen LogP contribution in [-0.4, -0.2) is 31.3 Å². The second-order valence-electron chi connectivity index (χ2n) is 5.61. The fourth-order valence-electron chi connectivity index (χ4n) is 2.58. The number of aryl methyl sites for hydroxylation is 3. The van der Waals surface area contributed by atoms with Crippen molar-refractivity contribution < 1.29 is 9.32 Å². The minimum absolute atomic E-state index is 0.0513. The van der Waals surface area contributed by atoms with Crippen LogP contribution in [0.1, 0.15) is 29.0 Å². The highest BCUT2D eigenvalue weighted by Gasteiger charge is 2.12. The number of carbonyl (C=O) groups excluding carboxylic acids is 1. The number of benzene rings is 1. The van der Waals surface area contributed by atoms with Gasteiger partial charge in [0.15, 0.2) is 0 Å². The molecule has 2 aromatic heterocycles. The lowest BCUT2D eigenvalue weighted by Gasteiger charge is -2.09. The van der Waals surface area contributed by atoms with E-state index in [9.17, 15) is 4.79 Å². The Labute approximate surface area is 138 Å². The quantitative estimate of drug-likeness (QED) is 0.771. The first-order chi connectivity index (χ1) is 11.5. The van der Waals surface area contributed by atoms with Crippen molar-refractivity contribution in [2.24, 2.45) is 0 Å². The zero-order valence-corrected chi connectivity index (χ0v) is 13.8. The van der Waals surface area contributed by atoms with E-state index in [2.05, 4.69) is 26.0 Å². The van der Waals surface area contributed by atoms with Crippen LogP contribution in [0.2, 0.25) is 0 Å². The monoisotopic (exact) mass is 326 g/mol. The summed E-state index contributed by atoms with van der Waals surface area (Å²) in [5, 5.41) is 17.9. The number of hydrogen-bond donors (Lipinski definition) is 1. The topological polar surface area (TPSA) is 98.7 Å². The van der Waals surface area contributed by atoms with Crippen LogP contribution >= 0.6 is 0 Å². The lowest BCUT2D eigenvalue weighted by Crippen LogP contribution is -2.13. The first-order valence-electron chi connectivity index (χ1n) is 7.60. The molecule has 24 heavy (non-hydrogen) atoms. The van der Waals surface area contributed by atoms with Crippen molar-refractivity contribution in [3.63, 3.8) is 0 Å². The molecule has 0 saturated heterocycles. The van der Waals surface area contributed by atoms with Gasteiger partial charge in [-0.3, -0.25) is 4.79 Å². The van der Waals surface area contributed by atoms with Crippen molar-refractivity contribution in [3.8, 4) is 5.69 Å². The van der Waals surface area contributed by atoms with E-state index in [0.717, 1.165) is 34.0 Å². The summed E-state index contributed by atoms with van der Waals surface area (Å²) in [4.78, 5) is 12.2. The average molecular weight is 326 g/mol. The highest BCUT2D eigenvalue weighted by Crippen LogP contribution is 2.19. The molecule has 124 valence electrons. The predicted molar refractivity (Wildman–Crippen MR) is 86.8 cm³/mol. The molecule has 0 atom stereocenters. The number of rotatable bonds is 5. The molecular formula is C16H18N6O2. The minimum Gasteiger partial charge on any atom is -0.361 e. The summed E-state index contributed by atoms with van der Waals surface area (Å²) in [5.41, 5.74) is 4.41. The van der Waals surface area contributed by atoms with E-state index in [0.29, 0.717) is 12.8 Å². The van der Waals surface area contributed by atoms with E-state index in [1.54, 1.807) is 4.68 Å². The molecule has 3 rings (SSSR count). The largest absolute Gasteiger partial charge is 0.361 e. The van der Waals surface area contributed by atoms with E-state index in [-0.39, 0.29) is 5.91 Å². The molecule has 1 amide bonds. The van der Waals surface area contributed by atoms with Crippen molar-refractivity contribution in [2.75, 3.05) is 5.32 Å². The van der Waals surface area contributed by atoms with Crippen LogP contribution in [0.4, 0.5) is 5.69 Å². The number of anilines is 1. The molecular weight excluding hydrogens is 308 g/mol. The molecule has 0 bridgehead atoms. The van der Waals surface area contributed by atoms with Gasteiger partial charge in [0, 0.05) is 17.7 Å². The second kappa shape index (κ2) is 6.61. The summed E-state index contributed by atoms with van der Waals surface area (Å²) in [6.07, 6.45) is 2.51. The van der Waals surface area contributed by atoms with Gasteiger partial charge in [0.2, 0.25) is 5.91 Å². The van der Waals surface area contributed by atoms with E-state index in [1.165, 1.54) is 6.33 Å². The number of hydrogen-bond acceptors (Lipinski definition) is 6. The first kappa shape index (κ1) is 15.9. The molecule has 1 aromatic carbocycles. The zero-order valence-electron chi connectivity index (χ0n) is 13.8. The highest BCUT2D eigenvalue weighted by molar-refractivity contribution is 5.91. The second-order valence-corrected chi connectivity index (χ2v) is 5.61. The molecule has 0 radical (unpaired) electrons. The van der Waals surface area contributed by atoms with Gasteiger partial charge in [-0.2, -0.15) is 0 Å². The van der Waals surface area contributed by atoms with Crippen LogP contribution in [-0.2, 0) is 11.2 Å². The van der Waals surface area contributed by atoms with Gasteiger partial charge in [0.25, 0.3) is 0 Å². The third-order valence-electron chi connectivity index (χ3n) is 3.86. The summed E-state index contributed by atoms with van der Waals surface area (Å²) < 4.78 is 6.69. The van der Waals surface area contributed by atoms with Crippen LogP contribution in [0.25, 0.3) is 5.69 Å². The van der Waals surface area contributed by atoms with Gasteiger partial charge in [-0.05, 0) is 61.4 Å². The minimum atomic E-state index is -0.0513. The molecule has 8 heteroatoms. The van der Waals surface area contributed by atoms with E-state index in [1.807, 2.05) is 39.0 Å². The number of aromatic nitrogens is 5. The van der Waals surface area contributed by atoms with Crippen molar-refractivity contribution in [2.45, 2.75) is 33.6 Å². The van der Waals surface area contributed by atoms with Crippen LogP contribution < -0.4 is 5.32 Å². The van der Waals surface area contributed by atoms with E-state index < -0.39 is 0 Å². The van der Waals surface area contributed by atoms with Crippen LogP contribution in [0, 0.1) is 20.8 Å². The van der Waals surface area contributed by atoms with E-state index in [4.69, 9.17) is 4.52 Å². The predicted octanol–water partition coefficient (Wildman–Crippen LogP) is 2.15. The summed E-state index contributed by atoms with van der Waals surface area (Å²) in [6, 6.07) is 5.60. The Bertz CT molecular complexity index is 834. The number of amides is 1. The molecule has 0 aliphatic rings. The normalized spacial score (nSPS) is 10.8. The van der Waals surface area contributed by atoms with Gasteiger partial charge in [-0.15, -0.1) is 5.10 Å². The number of tetrazole rings is 1. The van der Waals surface area contributed by atoms with E-state index >= 15 is 0 Å². The molecule has 0 fully saturated rings. The Morgan fingerprint density at radius 2 is 2.12 bits per heavy atom. The van der Waals surface area contributed by atoms with Crippen molar-refractivity contribution in [1.29, 1.82) is 0 Å². The Hall–Kier alpha value is -3.03. The molecule has 0 saturated carbocycles. The maximum absolute atomic E-state index is 12.2. The fraction of sp³-hybridized carbons (Fsp3) is 0.312. The average Bonchev–Trinajstić information content (AvgIpc) is 3.17. The summed E-state index contributed by atoms with van der Waals surface area (Å²) >= 11 is 0. The van der Waals surface area contributed by atoms with Crippen LogP contribution in [0.5, 0.6) is 0 Å². The number of nitrogens with one attached hydrogen (secondary N) is 1. The van der Waals surface area contributed by atoms with Crippen LogP contribution in [0.3, 0.4) is 0 Å². The maximum atomic E-state index is 12.2. The Morgan fingerprint density at radius 1 is 1.29 bits per heavy atom. The van der Waals surface area contributed by atoms with Gasteiger partial charge in [0.05, 0.1) is 11.4 Å². The molecule has 0 unspecified atom stereocenters. The summed E-state index contributed by atoms with van der Waals surface area (Å²) in [6.45, 7) is 5.68. The smallest absolute Gasteiger partial charge is 0.224 e. The maximum Gasteiger partial charge on any atom is 0.224 e. The summed E-state index contributed by atoms with van der Waals surface area (Å²) in [7, 11) is 0. The van der Waals surface area contributed by atoms with Gasteiger partial charge >= 0.3 is 0 Å². The van der Waals surface area contributed by atoms with Crippen molar-refractivity contribution in [3.05, 3.63) is 47.1 Å². The highest BCUT2D eigenvalue weighted by atomic mass is 16.5.